The Labute approximate surface area is 82.3 Å². The van der Waals surface area contributed by atoms with Crippen LogP contribution in [0, 0.1) is 6.92 Å². The fourth-order valence-corrected chi connectivity index (χ4v) is 1.31. The maximum atomic E-state index is 10.8. The zero-order valence-electron chi connectivity index (χ0n) is 7.99. The predicted molar refractivity (Wildman–Crippen MR) is 51.4 cm³/mol. The molecule has 3 heteroatoms. The van der Waals surface area contributed by atoms with E-state index in [1.807, 2.05) is 19.1 Å². The van der Waals surface area contributed by atoms with Crippen LogP contribution >= 0.6 is 0 Å². The second-order valence-corrected chi connectivity index (χ2v) is 3.71. The van der Waals surface area contributed by atoms with Crippen molar-refractivity contribution in [2.75, 3.05) is 0 Å². The molecule has 0 heterocycles. The molecule has 3 nitrogen and oxygen atoms in total. The van der Waals surface area contributed by atoms with Gasteiger partial charge < -0.3 is 9.84 Å². The molecule has 1 aliphatic carbocycles. The molecule has 74 valence electrons. The van der Waals surface area contributed by atoms with Crippen molar-refractivity contribution >= 4 is 5.97 Å². The summed E-state index contributed by atoms with van der Waals surface area (Å²) in [4.78, 5) is 10.8. The van der Waals surface area contributed by atoms with Crippen molar-refractivity contribution in [3.05, 3.63) is 29.8 Å². The van der Waals surface area contributed by atoms with E-state index < -0.39 is 11.6 Å². The second kappa shape index (κ2) is 3.01. The van der Waals surface area contributed by atoms with Crippen LogP contribution in [0.15, 0.2) is 24.3 Å². The molecule has 0 saturated heterocycles. The standard InChI is InChI=1S/C11H12O3/c1-8-2-4-9(5-3-8)14-11(6-7-11)10(12)13/h2-5H,6-7H2,1H3,(H,12,13). The first kappa shape index (κ1) is 9.06. The summed E-state index contributed by atoms with van der Waals surface area (Å²) in [7, 11) is 0. The Hall–Kier alpha value is -1.51. The maximum absolute atomic E-state index is 10.8. The van der Waals surface area contributed by atoms with Crippen LogP contribution in [0.2, 0.25) is 0 Å². The fraction of sp³-hybridized carbons (Fsp3) is 0.364. The summed E-state index contributed by atoms with van der Waals surface area (Å²) in [6.07, 6.45) is 1.21. The Bertz CT molecular complexity index is 349. The maximum Gasteiger partial charge on any atom is 0.348 e. The third-order valence-corrected chi connectivity index (χ3v) is 2.43. The SMILES string of the molecule is Cc1ccc(OC2(C(=O)O)CC2)cc1. The molecule has 0 amide bonds. The number of benzene rings is 1. The lowest BCUT2D eigenvalue weighted by Gasteiger charge is -2.13. The minimum absolute atomic E-state index is 0.607. The molecular weight excluding hydrogens is 180 g/mol. The van der Waals surface area contributed by atoms with E-state index in [1.54, 1.807) is 12.1 Å². The number of carboxylic acids is 1. The van der Waals surface area contributed by atoms with Gasteiger partial charge in [-0.15, -0.1) is 0 Å². The molecular formula is C11H12O3. The quantitative estimate of drug-likeness (QED) is 0.796. The van der Waals surface area contributed by atoms with Gasteiger partial charge in [-0.2, -0.15) is 0 Å². The van der Waals surface area contributed by atoms with Gasteiger partial charge in [-0.05, 0) is 19.1 Å². The average molecular weight is 192 g/mol. The normalized spacial score (nSPS) is 17.5. The number of rotatable bonds is 3. The number of hydrogen-bond acceptors (Lipinski definition) is 2. The van der Waals surface area contributed by atoms with Crippen molar-refractivity contribution in [2.45, 2.75) is 25.4 Å². The Morgan fingerprint density at radius 1 is 1.36 bits per heavy atom. The van der Waals surface area contributed by atoms with Crippen LogP contribution in [0.5, 0.6) is 5.75 Å². The Morgan fingerprint density at radius 3 is 2.36 bits per heavy atom. The minimum atomic E-state index is -0.935. The van der Waals surface area contributed by atoms with Crippen LogP contribution in [0.3, 0.4) is 0 Å². The van der Waals surface area contributed by atoms with Crippen LogP contribution in [-0.4, -0.2) is 16.7 Å². The number of ether oxygens (including phenoxy) is 1. The molecule has 0 unspecified atom stereocenters. The molecule has 1 aromatic rings. The summed E-state index contributed by atoms with van der Waals surface area (Å²) in [5.41, 5.74) is 0.201. The third-order valence-electron chi connectivity index (χ3n) is 2.43. The molecule has 1 aromatic carbocycles. The van der Waals surface area contributed by atoms with Gasteiger partial charge in [0, 0.05) is 12.8 Å². The van der Waals surface area contributed by atoms with Gasteiger partial charge >= 0.3 is 5.97 Å². The zero-order chi connectivity index (χ0) is 10.2. The predicted octanol–water partition coefficient (Wildman–Crippen LogP) is 1.99. The summed E-state index contributed by atoms with van der Waals surface area (Å²) in [5.74, 6) is -0.228. The largest absolute Gasteiger partial charge is 0.478 e. The van der Waals surface area contributed by atoms with Crippen molar-refractivity contribution in [3.8, 4) is 5.75 Å². The fourth-order valence-electron chi connectivity index (χ4n) is 1.31. The summed E-state index contributed by atoms with van der Waals surface area (Å²) >= 11 is 0. The van der Waals surface area contributed by atoms with Gasteiger partial charge in [0.2, 0.25) is 5.60 Å². The highest BCUT2D eigenvalue weighted by molar-refractivity contribution is 5.81. The molecule has 0 aliphatic heterocycles. The Kier molecular flexibility index (Phi) is 1.95. The molecule has 1 saturated carbocycles. The average Bonchev–Trinajstić information content (AvgIpc) is 2.90. The van der Waals surface area contributed by atoms with Gasteiger partial charge in [-0.25, -0.2) is 4.79 Å². The number of aliphatic carboxylic acids is 1. The van der Waals surface area contributed by atoms with E-state index in [1.165, 1.54) is 0 Å². The first-order chi connectivity index (χ1) is 6.62. The summed E-state index contributed by atoms with van der Waals surface area (Å²) in [6, 6.07) is 7.43. The molecule has 1 aliphatic rings. The van der Waals surface area contributed by atoms with Crippen LogP contribution < -0.4 is 4.74 Å². The highest BCUT2D eigenvalue weighted by atomic mass is 16.5. The first-order valence-electron chi connectivity index (χ1n) is 4.61. The molecule has 0 radical (unpaired) electrons. The molecule has 2 rings (SSSR count). The van der Waals surface area contributed by atoms with Crippen molar-refractivity contribution in [2.24, 2.45) is 0 Å². The van der Waals surface area contributed by atoms with Crippen molar-refractivity contribution in [1.82, 2.24) is 0 Å². The number of carboxylic acid groups (broad SMARTS) is 1. The van der Waals surface area contributed by atoms with Crippen LogP contribution in [0.1, 0.15) is 18.4 Å². The van der Waals surface area contributed by atoms with Crippen LogP contribution in [-0.2, 0) is 4.79 Å². The molecule has 0 spiro atoms. The van der Waals surface area contributed by atoms with E-state index in [-0.39, 0.29) is 0 Å². The van der Waals surface area contributed by atoms with E-state index in [2.05, 4.69) is 0 Å². The lowest BCUT2D eigenvalue weighted by Crippen LogP contribution is -2.28. The van der Waals surface area contributed by atoms with Gasteiger partial charge in [0.05, 0.1) is 0 Å². The highest BCUT2D eigenvalue weighted by Gasteiger charge is 2.53. The van der Waals surface area contributed by atoms with E-state index in [0.717, 1.165) is 5.56 Å². The number of carbonyl (C=O) groups is 1. The van der Waals surface area contributed by atoms with Gasteiger partial charge in [0.25, 0.3) is 0 Å². The second-order valence-electron chi connectivity index (χ2n) is 3.71. The van der Waals surface area contributed by atoms with E-state index in [9.17, 15) is 4.79 Å². The van der Waals surface area contributed by atoms with Crippen molar-refractivity contribution in [1.29, 1.82) is 0 Å². The van der Waals surface area contributed by atoms with E-state index >= 15 is 0 Å². The Morgan fingerprint density at radius 2 is 1.93 bits per heavy atom. The Balaban J connectivity index is 2.11. The van der Waals surface area contributed by atoms with Gasteiger partial charge in [-0.3, -0.25) is 0 Å². The number of hydrogen-bond donors (Lipinski definition) is 1. The van der Waals surface area contributed by atoms with Crippen LogP contribution in [0.25, 0.3) is 0 Å². The number of aryl methyl sites for hydroxylation is 1. The summed E-state index contributed by atoms with van der Waals surface area (Å²) < 4.78 is 5.43. The zero-order valence-corrected chi connectivity index (χ0v) is 7.99. The van der Waals surface area contributed by atoms with Gasteiger partial charge in [0.1, 0.15) is 5.75 Å². The summed E-state index contributed by atoms with van der Waals surface area (Å²) in [6.45, 7) is 1.98. The first-order valence-corrected chi connectivity index (χ1v) is 4.61. The topological polar surface area (TPSA) is 46.5 Å². The molecule has 14 heavy (non-hydrogen) atoms. The lowest BCUT2D eigenvalue weighted by atomic mass is 10.2. The molecule has 0 aromatic heterocycles. The molecule has 1 fully saturated rings. The highest BCUT2D eigenvalue weighted by Crippen LogP contribution is 2.40. The van der Waals surface area contributed by atoms with Gasteiger partial charge in [-0.1, -0.05) is 17.7 Å². The van der Waals surface area contributed by atoms with Gasteiger partial charge in [0.15, 0.2) is 0 Å². The smallest absolute Gasteiger partial charge is 0.348 e. The lowest BCUT2D eigenvalue weighted by molar-refractivity contribution is -0.147. The summed E-state index contributed by atoms with van der Waals surface area (Å²) in [5, 5.41) is 8.89. The molecule has 0 atom stereocenters. The van der Waals surface area contributed by atoms with Crippen molar-refractivity contribution < 1.29 is 14.6 Å². The van der Waals surface area contributed by atoms with Crippen LogP contribution in [0.4, 0.5) is 0 Å². The molecule has 1 N–H and O–H groups in total. The van der Waals surface area contributed by atoms with E-state index in [4.69, 9.17) is 9.84 Å². The molecule has 0 bridgehead atoms. The monoisotopic (exact) mass is 192 g/mol. The third kappa shape index (κ3) is 1.58. The van der Waals surface area contributed by atoms with E-state index in [0.29, 0.717) is 18.6 Å². The van der Waals surface area contributed by atoms with Crippen molar-refractivity contribution in [3.63, 3.8) is 0 Å². The minimum Gasteiger partial charge on any atom is -0.478 e.